The largest absolute Gasteiger partial charge is 0.464 e. The molecule has 3 nitrogen and oxygen atoms in total. The SMILES string of the molecule is CN(C)[C@@H](C(=O)OCCc1ccccc1)c1ccccc1F. The van der Waals surface area contributed by atoms with E-state index in [1.54, 1.807) is 37.2 Å². The summed E-state index contributed by atoms with van der Waals surface area (Å²) in [6, 6.07) is 15.3. The van der Waals surface area contributed by atoms with Crippen molar-refractivity contribution in [2.75, 3.05) is 20.7 Å². The van der Waals surface area contributed by atoms with Crippen LogP contribution in [-0.4, -0.2) is 31.6 Å². The fraction of sp³-hybridized carbons (Fsp3) is 0.278. The molecule has 116 valence electrons. The van der Waals surface area contributed by atoms with Crippen LogP contribution in [-0.2, 0) is 16.0 Å². The van der Waals surface area contributed by atoms with Crippen LogP contribution < -0.4 is 0 Å². The van der Waals surface area contributed by atoms with E-state index in [-0.39, 0.29) is 6.61 Å². The number of rotatable bonds is 6. The third kappa shape index (κ3) is 4.15. The molecule has 0 bridgehead atoms. The van der Waals surface area contributed by atoms with E-state index in [4.69, 9.17) is 4.74 Å². The Morgan fingerprint density at radius 3 is 2.36 bits per heavy atom. The van der Waals surface area contributed by atoms with Gasteiger partial charge in [-0.15, -0.1) is 0 Å². The molecule has 2 aromatic carbocycles. The van der Waals surface area contributed by atoms with E-state index in [0.29, 0.717) is 12.0 Å². The molecule has 22 heavy (non-hydrogen) atoms. The summed E-state index contributed by atoms with van der Waals surface area (Å²) in [6.45, 7) is 0.279. The fourth-order valence-corrected chi connectivity index (χ4v) is 2.31. The predicted molar refractivity (Wildman–Crippen MR) is 83.9 cm³/mol. The van der Waals surface area contributed by atoms with Gasteiger partial charge in [0.25, 0.3) is 0 Å². The summed E-state index contributed by atoms with van der Waals surface area (Å²) in [4.78, 5) is 14.0. The number of carbonyl (C=O) groups is 1. The van der Waals surface area contributed by atoms with Crippen molar-refractivity contribution in [2.24, 2.45) is 0 Å². The molecule has 0 heterocycles. The van der Waals surface area contributed by atoms with Gasteiger partial charge in [0.15, 0.2) is 0 Å². The molecule has 0 saturated carbocycles. The van der Waals surface area contributed by atoms with Gasteiger partial charge in [-0.25, -0.2) is 9.18 Å². The Balaban J connectivity index is 2.00. The zero-order chi connectivity index (χ0) is 15.9. The highest BCUT2D eigenvalue weighted by Gasteiger charge is 2.26. The molecule has 0 unspecified atom stereocenters. The summed E-state index contributed by atoms with van der Waals surface area (Å²) in [5.41, 5.74) is 1.43. The molecule has 0 saturated heterocycles. The van der Waals surface area contributed by atoms with Crippen LogP contribution in [0.1, 0.15) is 17.2 Å². The van der Waals surface area contributed by atoms with E-state index >= 15 is 0 Å². The number of esters is 1. The highest BCUT2D eigenvalue weighted by Crippen LogP contribution is 2.22. The third-order valence-corrected chi connectivity index (χ3v) is 3.42. The maximum atomic E-state index is 13.9. The van der Waals surface area contributed by atoms with Crippen molar-refractivity contribution in [1.29, 1.82) is 0 Å². The van der Waals surface area contributed by atoms with Gasteiger partial charge < -0.3 is 4.74 Å². The molecule has 0 fully saturated rings. The number of halogens is 1. The van der Waals surface area contributed by atoms with Crippen LogP contribution in [0.4, 0.5) is 4.39 Å². The molecule has 0 spiro atoms. The van der Waals surface area contributed by atoms with Crippen LogP contribution >= 0.6 is 0 Å². The number of hydrogen-bond acceptors (Lipinski definition) is 3. The number of hydrogen-bond donors (Lipinski definition) is 0. The number of likely N-dealkylation sites (N-methyl/N-ethyl adjacent to an activating group) is 1. The van der Waals surface area contributed by atoms with Gasteiger partial charge in [0, 0.05) is 12.0 Å². The number of nitrogens with zero attached hydrogens (tertiary/aromatic N) is 1. The summed E-state index contributed by atoms with van der Waals surface area (Å²) >= 11 is 0. The average Bonchev–Trinajstić information content (AvgIpc) is 2.50. The molecule has 0 N–H and O–H groups in total. The van der Waals surface area contributed by atoms with Crippen molar-refractivity contribution in [3.05, 3.63) is 71.5 Å². The Kier molecular flexibility index (Phi) is 5.67. The fourth-order valence-electron chi connectivity index (χ4n) is 2.31. The number of carbonyl (C=O) groups excluding carboxylic acids is 1. The number of benzene rings is 2. The molecule has 0 aliphatic heterocycles. The van der Waals surface area contributed by atoms with Crippen LogP contribution in [0.3, 0.4) is 0 Å². The van der Waals surface area contributed by atoms with Crippen molar-refractivity contribution in [3.63, 3.8) is 0 Å². The van der Waals surface area contributed by atoms with Crippen LogP contribution in [0.25, 0.3) is 0 Å². The first-order valence-electron chi connectivity index (χ1n) is 7.21. The second-order valence-corrected chi connectivity index (χ2v) is 5.29. The summed E-state index contributed by atoms with van der Waals surface area (Å²) in [6.07, 6.45) is 0.643. The lowest BCUT2D eigenvalue weighted by Gasteiger charge is -2.23. The Morgan fingerprint density at radius 2 is 1.73 bits per heavy atom. The van der Waals surface area contributed by atoms with Crippen molar-refractivity contribution >= 4 is 5.97 Å². The maximum Gasteiger partial charge on any atom is 0.328 e. The van der Waals surface area contributed by atoms with Gasteiger partial charge in [-0.2, -0.15) is 0 Å². The van der Waals surface area contributed by atoms with E-state index in [2.05, 4.69) is 0 Å². The first-order valence-corrected chi connectivity index (χ1v) is 7.21. The van der Waals surface area contributed by atoms with Gasteiger partial charge in [0.2, 0.25) is 0 Å². The van der Waals surface area contributed by atoms with Gasteiger partial charge in [-0.3, -0.25) is 4.90 Å². The van der Waals surface area contributed by atoms with Crippen molar-refractivity contribution < 1.29 is 13.9 Å². The first kappa shape index (κ1) is 16.2. The monoisotopic (exact) mass is 301 g/mol. The highest BCUT2D eigenvalue weighted by molar-refractivity contribution is 5.77. The lowest BCUT2D eigenvalue weighted by Crippen LogP contribution is -2.30. The summed E-state index contributed by atoms with van der Waals surface area (Å²) in [7, 11) is 3.46. The molecule has 0 aliphatic rings. The topological polar surface area (TPSA) is 29.5 Å². The predicted octanol–water partition coefficient (Wildman–Crippen LogP) is 3.21. The van der Waals surface area contributed by atoms with E-state index < -0.39 is 17.8 Å². The minimum absolute atomic E-state index is 0.279. The lowest BCUT2D eigenvalue weighted by molar-refractivity contribution is -0.149. The molecular weight excluding hydrogens is 281 g/mol. The van der Waals surface area contributed by atoms with Crippen LogP contribution in [0.15, 0.2) is 54.6 Å². The van der Waals surface area contributed by atoms with E-state index in [9.17, 15) is 9.18 Å². The Morgan fingerprint density at radius 1 is 1.09 bits per heavy atom. The number of ether oxygens (including phenoxy) is 1. The van der Waals surface area contributed by atoms with Gasteiger partial charge in [0.1, 0.15) is 11.9 Å². The second kappa shape index (κ2) is 7.71. The zero-order valence-corrected chi connectivity index (χ0v) is 12.8. The quantitative estimate of drug-likeness (QED) is 0.767. The van der Waals surface area contributed by atoms with E-state index in [0.717, 1.165) is 5.56 Å². The molecule has 0 aromatic heterocycles. The van der Waals surface area contributed by atoms with Crippen molar-refractivity contribution in [3.8, 4) is 0 Å². The van der Waals surface area contributed by atoms with Crippen molar-refractivity contribution in [1.82, 2.24) is 4.90 Å². The molecule has 2 aromatic rings. The zero-order valence-electron chi connectivity index (χ0n) is 12.8. The summed E-state index contributed by atoms with van der Waals surface area (Å²) < 4.78 is 19.2. The van der Waals surface area contributed by atoms with Gasteiger partial charge in [-0.1, -0.05) is 48.5 Å². The van der Waals surface area contributed by atoms with Gasteiger partial charge >= 0.3 is 5.97 Å². The lowest BCUT2D eigenvalue weighted by atomic mass is 10.1. The average molecular weight is 301 g/mol. The molecular formula is C18H20FNO2. The molecule has 2 rings (SSSR count). The summed E-state index contributed by atoms with van der Waals surface area (Å²) in [5, 5.41) is 0. The Labute approximate surface area is 130 Å². The Hall–Kier alpha value is -2.20. The minimum atomic E-state index is -0.739. The molecule has 4 heteroatoms. The van der Waals surface area contributed by atoms with Crippen molar-refractivity contribution in [2.45, 2.75) is 12.5 Å². The standard InChI is InChI=1S/C18H20FNO2/c1-20(2)17(15-10-6-7-11-16(15)19)18(21)22-13-12-14-8-4-3-5-9-14/h3-11,17H,12-13H2,1-2H3/t17-/m1/s1. The highest BCUT2D eigenvalue weighted by atomic mass is 19.1. The molecule has 0 aliphatic carbocycles. The van der Waals surface area contributed by atoms with Gasteiger partial charge in [0.05, 0.1) is 6.61 Å². The first-order chi connectivity index (χ1) is 10.6. The molecule has 1 atom stereocenters. The second-order valence-electron chi connectivity index (χ2n) is 5.29. The maximum absolute atomic E-state index is 13.9. The third-order valence-electron chi connectivity index (χ3n) is 3.42. The smallest absolute Gasteiger partial charge is 0.328 e. The molecule has 0 radical (unpaired) electrons. The summed E-state index contributed by atoms with van der Waals surface area (Å²) in [5.74, 6) is -0.841. The van der Waals surface area contributed by atoms with E-state index in [1.807, 2.05) is 30.3 Å². The molecule has 0 amide bonds. The van der Waals surface area contributed by atoms with E-state index in [1.165, 1.54) is 6.07 Å². The van der Waals surface area contributed by atoms with Crippen LogP contribution in [0.2, 0.25) is 0 Å². The van der Waals surface area contributed by atoms with Crippen LogP contribution in [0, 0.1) is 5.82 Å². The van der Waals surface area contributed by atoms with Crippen LogP contribution in [0.5, 0.6) is 0 Å². The normalized spacial score (nSPS) is 12.2. The van der Waals surface area contributed by atoms with Gasteiger partial charge in [-0.05, 0) is 25.7 Å². The Bertz CT molecular complexity index is 613. The minimum Gasteiger partial charge on any atom is -0.464 e.